The van der Waals surface area contributed by atoms with Crippen LogP contribution in [0.3, 0.4) is 0 Å². The number of aromatic nitrogens is 3. The number of likely N-dealkylation sites (tertiary alicyclic amines) is 1. The summed E-state index contributed by atoms with van der Waals surface area (Å²) >= 11 is 0. The second-order valence-corrected chi connectivity index (χ2v) is 11.7. The highest BCUT2D eigenvalue weighted by Gasteiger charge is 2.43. The molecule has 2 atom stereocenters. The SMILES string of the molecule is Cc1ccc(CC(=O)[C@H]2CCC(=O)N(C)[C@@H]2c2nnc(CCCC(C)(C)C)n2C2CC2)c(C)c1. The number of benzene rings is 1. The fourth-order valence-electron chi connectivity index (χ4n) is 5.31. The third kappa shape index (κ3) is 5.42. The third-order valence-electron chi connectivity index (χ3n) is 7.43. The summed E-state index contributed by atoms with van der Waals surface area (Å²) in [4.78, 5) is 28.1. The zero-order chi connectivity index (χ0) is 24.6. The fourth-order valence-corrected chi connectivity index (χ4v) is 5.31. The zero-order valence-electron chi connectivity index (χ0n) is 21.7. The fraction of sp³-hybridized carbons (Fsp3) is 0.643. The Kier molecular flexibility index (Phi) is 6.97. The number of hydrogen-bond acceptors (Lipinski definition) is 4. The second-order valence-electron chi connectivity index (χ2n) is 11.7. The lowest BCUT2D eigenvalue weighted by molar-refractivity contribution is -0.141. The summed E-state index contributed by atoms with van der Waals surface area (Å²) in [6.45, 7) is 10.9. The number of piperidine rings is 1. The number of hydrogen-bond donors (Lipinski definition) is 0. The lowest BCUT2D eigenvalue weighted by Gasteiger charge is -2.38. The highest BCUT2D eigenvalue weighted by Crippen LogP contribution is 2.43. The molecule has 0 radical (unpaired) electrons. The van der Waals surface area contributed by atoms with Crippen LogP contribution in [0.15, 0.2) is 18.2 Å². The predicted octanol–water partition coefficient (Wildman–Crippen LogP) is 5.32. The van der Waals surface area contributed by atoms with Crippen LogP contribution in [0.2, 0.25) is 0 Å². The molecule has 1 saturated heterocycles. The Balaban J connectivity index is 1.61. The molecular weight excluding hydrogens is 424 g/mol. The number of nitrogens with zero attached hydrogens (tertiary/aromatic N) is 4. The van der Waals surface area contributed by atoms with Gasteiger partial charge in [-0.05, 0) is 62.5 Å². The Hall–Kier alpha value is -2.50. The molecule has 6 heteroatoms. The van der Waals surface area contributed by atoms with Gasteiger partial charge in [0.1, 0.15) is 17.6 Å². The first-order valence-corrected chi connectivity index (χ1v) is 12.8. The van der Waals surface area contributed by atoms with Gasteiger partial charge in [-0.15, -0.1) is 10.2 Å². The van der Waals surface area contributed by atoms with Gasteiger partial charge in [-0.2, -0.15) is 0 Å². The Labute approximate surface area is 204 Å². The molecule has 1 aliphatic heterocycles. The Morgan fingerprint density at radius 1 is 1.12 bits per heavy atom. The number of Topliss-reactive ketones (excluding diaryl/α,β-unsaturated/α-hetero) is 1. The third-order valence-corrected chi connectivity index (χ3v) is 7.43. The van der Waals surface area contributed by atoms with E-state index in [-0.39, 0.29) is 29.1 Å². The number of amides is 1. The van der Waals surface area contributed by atoms with Crippen LogP contribution < -0.4 is 0 Å². The van der Waals surface area contributed by atoms with E-state index >= 15 is 0 Å². The minimum absolute atomic E-state index is 0.0835. The normalized spacial score (nSPS) is 21.2. The summed E-state index contributed by atoms with van der Waals surface area (Å²) < 4.78 is 2.28. The predicted molar refractivity (Wildman–Crippen MR) is 134 cm³/mol. The molecule has 2 fully saturated rings. The van der Waals surface area contributed by atoms with Crippen molar-refractivity contribution in [2.75, 3.05) is 7.05 Å². The first-order valence-electron chi connectivity index (χ1n) is 12.8. The molecule has 2 aromatic rings. The summed E-state index contributed by atoms with van der Waals surface area (Å²) in [6.07, 6.45) is 6.67. The largest absolute Gasteiger partial charge is 0.335 e. The van der Waals surface area contributed by atoms with E-state index in [1.807, 2.05) is 7.05 Å². The van der Waals surface area contributed by atoms with E-state index in [0.29, 0.717) is 25.3 Å². The van der Waals surface area contributed by atoms with Gasteiger partial charge in [-0.25, -0.2) is 0 Å². The van der Waals surface area contributed by atoms with Gasteiger partial charge in [-0.1, -0.05) is 44.5 Å². The lowest BCUT2D eigenvalue weighted by atomic mass is 9.82. The smallest absolute Gasteiger partial charge is 0.222 e. The molecule has 0 N–H and O–H groups in total. The summed E-state index contributed by atoms with van der Waals surface area (Å²) in [7, 11) is 1.83. The number of carbonyl (C=O) groups excluding carboxylic acids is 2. The molecule has 2 heterocycles. The van der Waals surface area contributed by atoms with E-state index in [2.05, 4.69) is 67.6 Å². The molecule has 1 aromatic heterocycles. The highest BCUT2D eigenvalue weighted by atomic mass is 16.2. The van der Waals surface area contributed by atoms with Gasteiger partial charge in [0, 0.05) is 38.3 Å². The molecule has 6 nitrogen and oxygen atoms in total. The number of carbonyl (C=O) groups is 2. The maximum absolute atomic E-state index is 13.6. The van der Waals surface area contributed by atoms with Crippen molar-refractivity contribution in [3.63, 3.8) is 0 Å². The van der Waals surface area contributed by atoms with Crippen LogP contribution in [0.1, 0.15) is 99.7 Å². The van der Waals surface area contributed by atoms with Crippen molar-refractivity contribution in [1.29, 1.82) is 0 Å². The minimum atomic E-state index is -0.344. The van der Waals surface area contributed by atoms with E-state index in [0.717, 1.165) is 54.9 Å². The van der Waals surface area contributed by atoms with E-state index in [4.69, 9.17) is 0 Å². The van der Waals surface area contributed by atoms with Crippen LogP contribution in [-0.4, -0.2) is 38.4 Å². The molecule has 0 spiro atoms. The van der Waals surface area contributed by atoms with Gasteiger partial charge < -0.3 is 9.47 Å². The summed E-state index contributed by atoms with van der Waals surface area (Å²) in [5.41, 5.74) is 3.70. The molecule has 34 heavy (non-hydrogen) atoms. The Bertz CT molecular complexity index is 1060. The quantitative estimate of drug-likeness (QED) is 0.530. The molecule has 2 aliphatic rings. The first kappa shape index (κ1) is 24.6. The molecule has 4 rings (SSSR count). The summed E-state index contributed by atoms with van der Waals surface area (Å²) in [5.74, 6) is 1.83. The number of aryl methyl sites for hydroxylation is 3. The van der Waals surface area contributed by atoms with E-state index in [9.17, 15) is 9.59 Å². The van der Waals surface area contributed by atoms with Crippen molar-refractivity contribution in [2.45, 2.75) is 98.1 Å². The first-order chi connectivity index (χ1) is 16.0. The van der Waals surface area contributed by atoms with Crippen LogP contribution in [0.4, 0.5) is 0 Å². The van der Waals surface area contributed by atoms with Gasteiger partial charge in [0.05, 0.1) is 0 Å². The molecular formula is C28H40N4O2. The summed E-state index contributed by atoms with van der Waals surface area (Å²) in [6, 6.07) is 6.32. The molecule has 1 aliphatic carbocycles. The molecule has 1 saturated carbocycles. The lowest BCUT2D eigenvalue weighted by Crippen LogP contribution is -2.44. The van der Waals surface area contributed by atoms with Crippen LogP contribution in [-0.2, 0) is 22.4 Å². The molecule has 1 amide bonds. The van der Waals surface area contributed by atoms with Crippen molar-refractivity contribution >= 4 is 11.7 Å². The zero-order valence-corrected chi connectivity index (χ0v) is 21.7. The molecule has 0 unspecified atom stereocenters. The molecule has 184 valence electrons. The Morgan fingerprint density at radius 2 is 1.85 bits per heavy atom. The highest BCUT2D eigenvalue weighted by molar-refractivity contribution is 5.87. The van der Waals surface area contributed by atoms with Gasteiger partial charge in [0.15, 0.2) is 5.82 Å². The maximum atomic E-state index is 13.6. The standard InChI is InChI=1S/C28H40N4O2/c1-18-9-10-20(19(2)16-18)17-23(33)22-13-14-25(34)31(6)26(22)27-30-29-24(32(27)21-11-12-21)8-7-15-28(3,4)5/h9-10,16,21-22,26H,7-8,11-15,17H2,1-6H3/t22-,26+/m1/s1. The average molecular weight is 465 g/mol. The van der Waals surface area contributed by atoms with Gasteiger partial charge in [0.2, 0.25) is 5.91 Å². The van der Waals surface area contributed by atoms with Gasteiger partial charge >= 0.3 is 0 Å². The van der Waals surface area contributed by atoms with Gasteiger partial charge in [-0.3, -0.25) is 9.59 Å². The number of ketones is 1. The van der Waals surface area contributed by atoms with E-state index in [1.54, 1.807) is 4.90 Å². The van der Waals surface area contributed by atoms with Crippen molar-refractivity contribution in [3.05, 3.63) is 46.5 Å². The van der Waals surface area contributed by atoms with Crippen molar-refractivity contribution < 1.29 is 9.59 Å². The maximum Gasteiger partial charge on any atom is 0.222 e. The van der Waals surface area contributed by atoms with Crippen LogP contribution >= 0.6 is 0 Å². The molecule has 0 bridgehead atoms. The average Bonchev–Trinajstić information content (AvgIpc) is 3.51. The number of rotatable bonds is 8. The molecule has 1 aromatic carbocycles. The van der Waals surface area contributed by atoms with Crippen LogP contribution in [0, 0.1) is 25.2 Å². The van der Waals surface area contributed by atoms with Crippen molar-refractivity contribution in [1.82, 2.24) is 19.7 Å². The van der Waals surface area contributed by atoms with Crippen LogP contribution in [0.5, 0.6) is 0 Å². The topological polar surface area (TPSA) is 68.1 Å². The van der Waals surface area contributed by atoms with Crippen molar-refractivity contribution in [2.24, 2.45) is 11.3 Å². The Morgan fingerprint density at radius 3 is 2.50 bits per heavy atom. The van der Waals surface area contributed by atoms with Gasteiger partial charge in [0.25, 0.3) is 0 Å². The second kappa shape index (κ2) is 9.63. The minimum Gasteiger partial charge on any atom is -0.335 e. The van der Waals surface area contributed by atoms with E-state index in [1.165, 1.54) is 5.56 Å². The van der Waals surface area contributed by atoms with Crippen molar-refractivity contribution in [3.8, 4) is 0 Å². The van der Waals surface area contributed by atoms with E-state index < -0.39 is 0 Å². The summed E-state index contributed by atoms with van der Waals surface area (Å²) in [5, 5.41) is 9.23. The van der Waals surface area contributed by atoms with Crippen LogP contribution in [0.25, 0.3) is 0 Å². The monoisotopic (exact) mass is 464 g/mol.